The van der Waals surface area contributed by atoms with Crippen molar-refractivity contribution in [3.8, 4) is 0 Å². The smallest absolute Gasteiger partial charge is 0.129 e. The maximum absolute atomic E-state index is 14.0. The molecule has 114 valence electrons. The predicted octanol–water partition coefficient (Wildman–Crippen LogP) is 3.68. The highest BCUT2D eigenvalue weighted by molar-refractivity contribution is 9.10. The lowest BCUT2D eigenvalue weighted by molar-refractivity contribution is 0.572. The molecule has 1 aromatic heterocycles. The zero-order valence-electron chi connectivity index (χ0n) is 12.7. The van der Waals surface area contributed by atoms with Crippen molar-refractivity contribution in [3.63, 3.8) is 0 Å². The number of rotatable bonds is 6. The number of halogens is 2. The number of aryl methyl sites for hydroxylation is 1. The Labute approximate surface area is 133 Å². The summed E-state index contributed by atoms with van der Waals surface area (Å²) in [4.78, 5) is 0. The molecule has 0 saturated carbocycles. The molecule has 0 amide bonds. The molecule has 3 nitrogen and oxygen atoms in total. The third-order valence-corrected chi connectivity index (χ3v) is 4.10. The van der Waals surface area contributed by atoms with Crippen LogP contribution in [0.3, 0.4) is 0 Å². The normalized spacial score (nSPS) is 11.1. The summed E-state index contributed by atoms with van der Waals surface area (Å²) in [6, 6.07) is 5.17. The number of hydrogen-bond acceptors (Lipinski definition) is 2. The lowest BCUT2D eigenvalue weighted by Gasteiger charge is -2.09. The van der Waals surface area contributed by atoms with E-state index in [1.165, 1.54) is 17.3 Å². The second-order valence-corrected chi connectivity index (χ2v) is 5.92. The van der Waals surface area contributed by atoms with Crippen LogP contribution in [-0.4, -0.2) is 16.8 Å². The van der Waals surface area contributed by atoms with Crippen LogP contribution >= 0.6 is 15.9 Å². The summed E-state index contributed by atoms with van der Waals surface area (Å²) < 4.78 is 16.7. The molecule has 0 aliphatic heterocycles. The van der Waals surface area contributed by atoms with Crippen molar-refractivity contribution in [3.05, 3.63) is 51.0 Å². The third kappa shape index (κ3) is 3.52. The molecule has 1 N–H and O–H groups in total. The van der Waals surface area contributed by atoms with Gasteiger partial charge in [-0.25, -0.2) is 4.39 Å². The van der Waals surface area contributed by atoms with E-state index in [1.54, 1.807) is 0 Å². The van der Waals surface area contributed by atoms with E-state index in [4.69, 9.17) is 0 Å². The van der Waals surface area contributed by atoms with Gasteiger partial charge < -0.3 is 5.32 Å². The van der Waals surface area contributed by atoms with Crippen molar-refractivity contribution < 1.29 is 4.39 Å². The van der Waals surface area contributed by atoms with Crippen LogP contribution in [0.25, 0.3) is 0 Å². The second kappa shape index (κ2) is 7.18. The first-order valence-corrected chi connectivity index (χ1v) is 8.05. The molecular formula is C16H21BrFN3. The first-order chi connectivity index (χ1) is 10.1. The molecule has 5 heteroatoms. The number of nitrogens with one attached hydrogen (secondary N) is 1. The van der Waals surface area contributed by atoms with Crippen molar-refractivity contribution >= 4 is 15.9 Å². The molecule has 0 bridgehead atoms. The van der Waals surface area contributed by atoms with E-state index in [-0.39, 0.29) is 5.82 Å². The minimum Gasteiger partial charge on any atom is -0.316 e. The first-order valence-electron chi connectivity index (χ1n) is 7.26. The standard InChI is InChI=1S/C16H21BrFN3/c1-4-15-13(9-19-3)16(5-2)21(20-15)10-11-6-7-12(17)8-14(11)18/h6-8,19H,4-5,9-10H2,1-3H3. The van der Waals surface area contributed by atoms with Gasteiger partial charge in [0.25, 0.3) is 0 Å². The Bertz CT molecular complexity index is 622. The van der Waals surface area contributed by atoms with Gasteiger partial charge in [0.1, 0.15) is 5.82 Å². The van der Waals surface area contributed by atoms with Crippen LogP contribution < -0.4 is 5.32 Å². The van der Waals surface area contributed by atoms with Gasteiger partial charge in [0.2, 0.25) is 0 Å². The molecule has 2 aromatic rings. The van der Waals surface area contributed by atoms with Crippen molar-refractivity contribution in [2.45, 2.75) is 39.8 Å². The summed E-state index contributed by atoms with van der Waals surface area (Å²) in [6.07, 6.45) is 1.78. The van der Waals surface area contributed by atoms with Crippen LogP contribution in [-0.2, 0) is 25.9 Å². The molecule has 21 heavy (non-hydrogen) atoms. The van der Waals surface area contributed by atoms with Crippen molar-refractivity contribution in [1.82, 2.24) is 15.1 Å². The van der Waals surface area contributed by atoms with E-state index < -0.39 is 0 Å². The van der Waals surface area contributed by atoms with Crippen LogP contribution in [0.15, 0.2) is 22.7 Å². The minimum atomic E-state index is -0.199. The minimum absolute atomic E-state index is 0.199. The summed E-state index contributed by atoms with van der Waals surface area (Å²) in [5.41, 5.74) is 4.19. The van der Waals surface area contributed by atoms with E-state index >= 15 is 0 Å². The number of hydrogen-bond donors (Lipinski definition) is 1. The SMILES string of the molecule is CCc1nn(Cc2ccc(Br)cc2F)c(CC)c1CNC. The molecule has 2 rings (SSSR count). The monoisotopic (exact) mass is 353 g/mol. The highest BCUT2D eigenvalue weighted by Crippen LogP contribution is 2.20. The lowest BCUT2D eigenvalue weighted by Crippen LogP contribution is -2.11. The molecule has 0 saturated heterocycles. The molecule has 0 aliphatic rings. The Morgan fingerprint density at radius 2 is 2.05 bits per heavy atom. The van der Waals surface area contributed by atoms with E-state index in [1.807, 2.05) is 23.9 Å². The Balaban J connectivity index is 2.39. The molecular weight excluding hydrogens is 333 g/mol. The maximum Gasteiger partial charge on any atom is 0.129 e. The summed E-state index contributed by atoms with van der Waals surface area (Å²) >= 11 is 3.29. The van der Waals surface area contributed by atoms with E-state index in [0.29, 0.717) is 12.1 Å². The first kappa shape index (κ1) is 16.2. The van der Waals surface area contributed by atoms with E-state index in [2.05, 4.69) is 40.2 Å². The van der Waals surface area contributed by atoms with Gasteiger partial charge in [-0.1, -0.05) is 35.8 Å². The number of aromatic nitrogens is 2. The highest BCUT2D eigenvalue weighted by Gasteiger charge is 2.16. The van der Waals surface area contributed by atoms with Crippen molar-refractivity contribution in [1.29, 1.82) is 0 Å². The van der Waals surface area contributed by atoms with Gasteiger partial charge in [0, 0.05) is 27.8 Å². The van der Waals surface area contributed by atoms with Crippen LogP contribution in [0.5, 0.6) is 0 Å². The van der Waals surface area contributed by atoms with Crippen molar-refractivity contribution in [2.24, 2.45) is 0 Å². The van der Waals surface area contributed by atoms with Gasteiger partial charge in [-0.3, -0.25) is 4.68 Å². The van der Waals surface area contributed by atoms with E-state index in [0.717, 1.165) is 29.6 Å². The quantitative estimate of drug-likeness (QED) is 0.858. The average Bonchev–Trinajstić information content (AvgIpc) is 2.79. The van der Waals surface area contributed by atoms with E-state index in [9.17, 15) is 4.39 Å². The van der Waals surface area contributed by atoms with Crippen LogP contribution in [0.4, 0.5) is 4.39 Å². The van der Waals surface area contributed by atoms with Crippen LogP contribution in [0.2, 0.25) is 0 Å². The Morgan fingerprint density at radius 3 is 2.62 bits per heavy atom. The molecule has 1 aromatic carbocycles. The fourth-order valence-corrected chi connectivity index (χ4v) is 2.92. The molecule has 1 heterocycles. The molecule has 0 unspecified atom stereocenters. The molecule has 0 radical (unpaired) electrons. The highest BCUT2D eigenvalue weighted by atomic mass is 79.9. The Morgan fingerprint density at radius 1 is 1.29 bits per heavy atom. The fourth-order valence-electron chi connectivity index (χ4n) is 2.59. The lowest BCUT2D eigenvalue weighted by atomic mass is 10.1. The summed E-state index contributed by atoms with van der Waals surface area (Å²) in [5, 5.41) is 7.87. The summed E-state index contributed by atoms with van der Waals surface area (Å²) in [7, 11) is 1.94. The second-order valence-electron chi connectivity index (χ2n) is 5.00. The van der Waals surface area contributed by atoms with Gasteiger partial charge in [0.05, 0.1) is 12.2 Å². The van der Waals surface area contributed by atoms with Gasteiger partial charge in [0.15, 0.2) is 0 Å². The summed E-state index contributed by atoms with van der Waals surface area (Å²) in [6.45, 7) is 5.49. The van der Waals surface area contributed by atoms with Gasteiger partial charge >= 0.3 is 0 Å². The topological polar surface area (TPSA) is 29.9 Å². The van der Waals surface area contributed by atoms with Gasteiger partial charge in [-0.05, 0) is 32.0 Å². The molecule has 0 fully saturated rings. The van der Waals surface area contributed by atoms with Crippen LogP contribution in [0, 0.1) is 5.82 Å². The fraction of sp³-hybridized carbons (Fsp3) is 0.438. The maximum atomic E-state index is 14.0. The third-order valence-electron chi connectivity index (χ3n) is 3.61. The zero-order chi connectivity index (χ0) is 15.4. The average molecular weight is 354 g/mol. The van der Waals surface area contributed by atoms with Gasteiger partial charge in [-0.15, -0.1) is 0 Å². The van der Waals surface area contributed by atoms with Gasteiger partial charge in [-0.2, -0.15) is 5.10 Å². The molecule has 0 atom stereocenters. The predicted molar refractivity (Wildman–Crippen MR) is 86.9 cm³/mol. The zero-order valence-corrected chi connectivity index (χ0v) is 14.3. The Kier molecular flexibility index (Phi) is 5.53. The molecule has 0 aliphatic carbocycles. The van der Waals surface area contributed by atoms with Crippen LogP contribution in [0.1, 0.15) is 36.4 Å². The number of nitrogens with zero attached hydrogens (tertiary/aromatic N) is 2. The Hall–Kier alpha value is -1.20. The largest absolute Gasteiger partial charge is 0.316 e. The summed E-state index contributed by atoms with van der Waals surface area (Å²) in [5.74, 6) is -0.199. The number of benzene rings is 1. The molecule has 0 spiro atoms. The van der Waals surface area contributed by atoms with Crippen molar-refractivity contribution in [2.75, 3.05) is 7.05 Å².